The van der Waals surface area contributed by atoms with Crippen molar-refractivity contribution in [2.24, 2.45) is 11.8 Å². The van der Waals surface area contributed by atoms with Crippen molar-refractivity contribution in [1.29, 1.82) is 0 Å². The van der Waals surface area contributed by atoms with Crippen LogP contribution < -0.4 is 0 Å². The van der Waals surface area contributed by atoms with Crippen LogP contribution in [-0.4, -0.2) is 51.0 Å². The average molecular weight is 391 g/mol. The summed E-state index contributed by atoms with van der Waals surface area (Å²) < 4.78 is 10.8. The van der Waals surface area contributed by atoms with Crippen molar-refractivity contribution < 1.29 is 34.2 Å². The number of carbonyl (C=O) groups excluding carboxylic acids is 2. The van der Waals surface area contributed by atoms with Gasteiger partial charge in [-0.15, -0.1) is 0 Å². The molecule has 1 aliphatic heterocycles. The van der Waals surface area contributed by atoms with E-state index in [0.29, 0.717) is 5.57 Å². The van der Waals surface area contributed by atoms with Crippen molar-refractivity contribution in [2.45, 2.75) is 44.7 Å². The van der Waals surface area contributed by atoms with E-state index in [-0.39, 0.29) is 11.3 Å². The number of benzene rings is 1. The fraction of sp³-hybridized carbons (Fsp3) is 0.474. The molecule has 0 radical (unpaired) electrons. The summed E-state index contributed by atoms with van der Waals surface area (Å²) in [6, 6.07) is 4.81. The Morgan fingerprint density at radius 1 is 1.39 bits per heavy atom. The van der Waals surface area contributed by atoms with E-state index >= 15 is 0 Å². The van der Waals surface area contributed by atoms with Gasteiger partial charge in [0.1, 0.15) is 11.7 Å². The zero-order valence-corrected chi connectivity index (χ0v) is 15.6. The first-order valence-corrected chi connectivity index (χ1v) is 8.82. The number of fused-ring (bicyclic) bond motifs is 1. The van der Waals surface area contributed by atoms with Gasteiger partial charge in [0.2, 0.25) is 0 Å². The van der Waals surface area contributed by atoms with Gasteiger partial charge in [-0.25, -0.2) is 9.59 Å². The normalized spacial score (nSPS) is 34.0. The van der Waals surface area contributed by atoms with Crippen molar-refractivity contribution in [3.8, 4) is 0 Å². The molecule has 1 heterocycles. The summed E-state index contributed by atoms with van der Waals surface area (Å²) in [4.78, 5) is 34.8. The lowest BCUT2D eigenvalue weighted by Crippen LogP contribution is -2.49. The van der Waals surface area contributed by atoms with Crippen LogP contribution in [0.5, 0.6) is 0 Å². The van der Waals surface area contributed by atoms with Crippen molar-refractivity contribution >= 4 is 17.6 Å². The van der Waals surface area contributed by atoms with Gasteiger partial charge in [0.05, 0.1) is 16.6 Å². The first kappa shape index (κ1) is 20.0. The van der Waals surface area contributed by atoms with Crippen LogP contribution in [0, 0.1) is 22.0 Å². The molecule has 1 saturated heterocycles. The Bertz CT molecular complexity index is 842. The highest BCUT2D eigenvalue weighted by molar-refractivity contribution is 5.92. The van der Waals surface area contributed by atoms with Crippen LogP contribution in [0.1, 0.15) is 31.1 Å². The number of hydrogen-bond acceptors (Lipinski definition) is 8. The van der Waals surface area contributed by atoms with Crippen LogP contribution >= 0.6 is 0 Å². The standard InChI is InChI=1S/C19H21NO8/c1-4-12-13-14(9(2)21)19(3,24)16(15(13)27-18(12)23)28-17(22)10-5-7-11(8-6-10)20(25)26/h4-9,13-16,21,24H,1-3H3/b12-4+/t9?,13-,14+,15+,16+,19-/m1/s1. The SMILES string of the molecule is C/C=C1/C(=O)O[C@H]2[C@H]1[C@H](C(C)O)[C@@](C)(O)[C@H]2OC(=O)c1ccc([N+](=O)[O-])cc1. The Morgan fingerprint density at radius 2 is 2.00 bits per heavy atom. The van der Waals surface area contributed by atoms with Gasteiger partial charge in [-0.05, 0) is 32.9 Å². The number of non-ortho nitro benzene ring substituents is 1. The number of allylic oxidation sites excluding steroid dienone is 1. The van der Waals surface area contributed by atoms with E-state index in [1.165, 1.54) is 26.0 Å². The topological polar surface area (TPSA) is 136 Å². The number of esters is 2. The van der Waals surface area contributed by atoms with Crippen LogP contribution in [0.2, 0.25) is 0 Å². The second-order valence-corrected chi connectivity index (χ2v) is 7.26. The smallest absolute Gasteiger partial charge is 0.338 e. The molecular formula is C19H21NO8. The van der Waals surface area contributed by atoms with Crippen LogP contribution in [0.15, 0.2) is 35.9 Å². The first-order chi connectivity index (χ1) is 13.1. The van der Waals surface area contributed by atoms with Crippen molar-refractivity contribution in [1.82, 2.24) is 0 Å². The fourth-order valence-electron chi connectivity index (χ4n) is 4.30. The van der Waals surface area contributed by atoms with E-state index < -0.39 is 52.6 Å². The van der Waals surface area contributed by atoms with Gasteiger partial charge in [0.25, 0.3) is 5.69 Å². The quantitative estimate of drug-likeness (QED) is 0.340. The summed E-state index contributed by atoms with van der Waals surface area (Å²) in [6.45, 7) is 4.58. The second kappa shape index (κ2) is 6.99. The van der Waals surface area contributed by atoms with E-state index in [4.69, 9.17) is 9.47 Å². The second-order valence-electron chi connectivity index (χ2n) is 7.26. The number of nitro benzene ring substituents is 1. The number of aliphatic hydroxyl groups excluding tert-OH is 1. The number of nitrogens with zero attached hydrogens (tertiary/aromatic N) is 1. The number of hydrogen-bond donors (Lipinski definition) is 2. The van der Waals surface area contributed by atoms with Crippen molar-refractivity contribution in [3.63, 3.8) is 0 Å². The summed E-state index contributed by atoms with van der Waals surface area (Å²) in [5.41, 5.74) is -1.46. The maximum absolute atomic E-state index is 12.5. The molecule has 9 heteroatoms. The molecule has 0 aromatic heterocycles. The molecule has 150 valence electrons. The monoisotopic (exact) mass is 391 g/mol. The van der Waals surface area contributed by atoms with Gasteiger partial charge < -0.3 is 19.7 Å². The molecule has 0 spiro atoms. The minimum absolute atomic E-state index is 0.0500. The van der Waals surface area contributed by atoms with E-state index in [1.807, 2.05) is 0 Å². The minimum atomic E-state index is -1.66. The summed E-state index contributed by atoms with van der Waals surface area (Å²) >= 11 is 0. The minimum Gasteiger partial charge on any atom is -0.454 e. The lowest BCUT2D eigenvalue weighted by atomic mass is 9.79. The molecule has 3 rings (SSSR count). The van der Waals surface area contributed by atoms with Crippen LogP contribution in [-0.2, 0) is 14.3 Å². The maximum Gasteiger partial charge on any atom is 0.338 e. The number of nitro groups is 1. The first-order valence-electron chi connectivity index (χ1n) is 8.82. The fourth-order valence-corrected chi connectivity index (χ4v) is 4.30. The van der Waals surface area contributed by atoms with E-state index in [0.717, 1.165) is 12.1 Å². The Balaban J connectivity index is 1.91. The molecule has 2 N–H and O–H groups in total. The third kappa shape index (κ3) is 3.06. The molecule has 1 aliphatic carbocycles. The molecule has 1 aromatic rings. The highest BCUT2D eigenvalue weighted by Gasteiger charge is 2.66. The summed E-state index contributed by atoms with van der Waals surface area (Å²) in [6.07, 6.45) is -1.56. The molecule has 1 saturated carbocycles. The predicted octanol–water partition coefficient (Wildman–Crippen LogP) is 1.37. The van der Waals surface area contributed by atoms with Gasteiger partial charge in [-0.2, -0.15) is 0 Å². The van der Waals surface area contributed by atoms with E-state index in [2.05, 4.69) is 0 Å². The van der Waals surface area contributed by atoms with Gasteiger partial charge in [0, 0.05) is 29.5 Å². The predicted molar refractivity (Wildman–Crippen MR) is 95.2 cm³/mol. The number of carbonyl (C=O) groups is 2. The van der Waals surface area contributed by atoms with E-state index in [1.54, 1.807) is 13.0 Å². The van der Waals surface area contributed by atoms with Crippen molar-refractivity contribution in [3.05, 3.63) is 51.6 Å². The van der Waals surface area contributed by atoms with Crippen LogP contribution in [0.4, 0.5) is 5.69 Å². The number of ether oxygens (including phenoxy) is 2. The third-order valence-corrected chi connectivity index (χ3v) is 5.51. The number of aliphatic hydroxyl groups is 2. The molecule has 0 amide bonds. The Hall–Kier alpha value is -2.78. The zero-order valence-electron chi connectivity index (χ0n) is 15.6. The molecule has 0 bridgehead atoms. The lowest BCUT2D eigenvalue weighted by molar-refractivity contribution is -0.384. The van der Waals surface area contributed by atoms with Gasteiger partial charge in [-0.3, -0.25) is 10.1 Å². The van der Waals surface area contributed by atoms with Gasteiger partial charge in [-0.1, -0.05) is 6.08 Å². The highest BCUT2D eigenvalue weighted by Crippen LogP contribution is 2.52. The summed E-state index contributed by atoms with van der Waals surface area (Å²) in [5.74, 6) is -2.81. The molecular weight excluding hydrogens is 370 g/mol. The molecule has 6 atom stereocenters. The average Bonchev–Trinajstić information content (AvgIpc) is 3.04. The van der Waals surface area contributed by atoms with Gasteiger partial charge in [0.15, 0.2) is 6.10 Å². The van der Waals surface area contributed by atoms with E-state index in [9.17, 15) is 29.9 Å². The van der Waals surface area contributed by atoms with Crippen molar-refractivity contribution in [2.75, 3.05) is 0 Å². The molecule has 2 aliphatic rings. The summed E-state index contributed by atoms with van der Waals surface area (Å²) in [7, 11) is 0. The largest absolute Gasteiger partial charge is 0.454 e. The molecule has 9 nitrogen and oxygen atoms in total. The molecule has 1 unspecified atom stereocenters. The molecule has 1 aromatic carbocycles. The Kier molecular flexibility index (Phi) is 4.99. The van der Waals surface area contributed by atoms with Crippen LogP contribution in [0.25, 0.3) is 0 Å². The Morgan fingerprint density at radius 3 is 2.50 bits per heavy atom. The molecule has 2 fully saturated rings. The Labute approximate surface area is 160 Å². The third-order valence-electron chi connectivity index (χ3n) is 5.51. The van der Waals surface area contributed by atoms with Gasteiger partial charge >= 0.3 is 11.9 Å². The summed E-state index contributed by atoms with van der Waals surface area (Å²) in [5, 5.41) is 32.0. The lowest BCUT2D eigenvalue weighted by Gasteiger charge is -2.34. The zero-order chi connectivity index (χ0) is 20.8. The number of rotatable bonds is 4. The van der Waals surface area contributed by atoms with Crippen LogP contribution in [0.3, 0.4) is 0 Å². The highest BCUT2D eigenvalue weighted by atomic mass is 16.6. The molecule has 28 heavy (non-hydrogen) atoms. The maximum atomic E-state index is 12.5.